The number of benzene rings is 2. The topological polar surface area (TPSA) is 54.9 Å². The average Bonchev–Trinajstić information content (AvgIpc) is 2.63. The molecule has 0 bridgehead atoms. The molecule has 2 aromatic carbocycles. The van der Waals surface area contributed by atoms with E-state index in [2.05, 4.69) is 15.3 Å². The number of hydrogen-bond donors (Lipinski definition) is 1. The van der Waals surface area contributed by atoms with Gasteiger partial charge in [-0.05, 0) is 30.7 Å². The Kier molecular flexibility index (Phi) is 5.23. The minimum absolute atomic E-state index is 0.0949. The van der Waals surface area contributed by atoms with Crippen LogP contribution in [0.25, 0.3) is 0 Å². The fraction of sp³-hybridized carbons (Fsp3) is 0.105. The van der Waals surface area contributed by atoms with Crippen molar-refractivity contribution in [3.05, 3.63) is 84.2 Å². The Balaban J connectivity index is 1.83. The van der Waals surface area contributed by atoms with Gasteiger partial charge in [0.05, 0.1) is 0 Å². The lowest BCUT2D eigenvalue weighted by molar-refractivity contribution is -0.115. The van der Waals surface area contributed by atoms with Crippen LogP contribution in [-0.2, 0) is 4.79 Å². The van der Waals surface area contributed by atoms with Crippen LogP contribution in [0.15, 0.2) is 78.2 Å². The molecule has 0 saturated heterocycles. The van der Waals surface area contributed by atoms with E-state index in [1.807, 2.05) is 61.5 Å². The molecule has 0 aliphatic carbocycles. The first-order chi connectivity index (χ1) is 11.7. The van der Waals surface area contributed by atoms with Crippen molar-refractivity contribution in [2.75, 3.05) is 5.32 Å². The van der Waals surface area contributed by atoms with Crippen LogP contribution in [0.5, 0.6) is 0 Å². The molecule has 0 fully saturated rings. The molecule has 1 N–H and O–H groups in total. The Morgan fingerprint density at radius 3 is 2.29 bits per heavy atom. The van der Waals surface area contributed by atoms with Gasteiger partial charge in [0.2, 0.25) is 5.91 Å². The molecule has 0 radical (unpaired) electrons. The van der Waals surface area contributed by atoms with Gasteiger partial charge in [0.1, 0.15) is 5.25 Å². The predicted molar refractivity (Wildman–Crippen MR) is 96.9 cm³/mol. The summed E-state index contributed by atoms with van der Waals surface area (Å²) in [5, 5.41) is 3.13. The van der Waals surface area contributed by atoms with Crippen molar-refractivity contribution in [3.8, 4) is 0 Å². The largest absolute Gasteiger partial charge is 0.325 e. The third-order valence-corrected chi connectivity index (χ3v) is 4.57. The Labute approximate surface area is 145 Å². The van der Waals surface area contributed by atoms with Gasteiger partial charge in [0, 0.05) is 18.1 Å². The summed E-state index contributed by atoms with van der Waals surface area (Å²) in [4.78, 5) is 21.2. The van der Waals surface area contributed by atoms with Gasteiger partial charge in [0.25, 0.3) is 0 Å². The van der Waals surface area contributed by atoms with Crippen molar-refractivity contribution in [1.82, 2.24) is 9.97 Å². The lowest BCUT2D eigenvalue weighted by Gasteiger charge is -2.16. The highest BCUT2D eigenvalue weighted by Gasteiger charge is 2.23. The molecule has 0 aliphatic rings. The van der Waals surface area contributed by atoms with E-state index < -0.39 is 5.25 Å². The molecule has 0 spiro atoms. The highest BCUT2D eigenvalue weighted by molar-refractivity contribution is 8.00. The van der Waals surface area contributed by atoms with Gasteiger partial charge in [-0.25, -0.2) is 9.97 Å². The van der Waals surface area contributed by atoms with Crippen molar-refractivity contribution in [2.45, 2.75) is 17.3 Å². The predicted octanol–water partition coefficient (Wildman–Crippen LogP) is 4.26. The zero-order valence-corrected chi connectivity index (χ0v) is 14.0. The molecule has 0 saturated carbocycles. The van der Waals surface area contributed by atoms with Crippen LogP contribution in [0.2, 0.25) is 0 Å². The summed E-state index contributed by atoms with van der Waals surface area (Å²) in [5.74, 6) is -0.0949. The molecule has 120 valence electrons. The number of carbonyl (C=O) groups excluding carboxylic acids is 1. The van der Waals surface area contributed by atoms with E-state index >= 15 is 0 Å². The van der Waals surface area contributed by atoms with E-state index in [1.54, 1.807) is 18.5 Å². The summed E-state index contributed by atoms with van der Waals surface area (Å²) in [6.07, 6.45) is 3.35. The number of anilines is 1. The smallest absolute Gasteiger partial charge is 0.242 e. The van der Waals surface area contributed by atoms with Crippen molar-refractivity contribution >= 4 is 23.4 Å². The van der Waals surface area contributed by atoms with Crippen molar-refractivity contribution in [1.29, 1.82) is 0 Å². The maximum Gasteiger partial charge on any atom is 0.242 e. The summed E-state index contributed by atoms with van der Waals surface area (Å²) < 4.78 is 0. The average molecular weight is 335 g/mol. The normalized spacial score (nSPS) is 11.7. The zero-order chi connectivity index (χ0) is 16.8. The minimum atomic E-state index is -0.421. The first-order valence-electron chi connectivity index (χ1n) is 7.58. The quantitative estimate of drug-likeness (QED) is 0.559. The lowest BCUT2D eigenvalue weighted by atomic mass is 10.1. The number of aryl methyl sites for hydroxylation is 1. The maximum atomic E-state index is 12.8. The third-order valence-electron chi connectivity index (χ3n) is 3.42. The van der Waals surface area contributed by atoms with Crippen molar-refractivity contribution < 1.29 is 4.79 Å². The molecule has 0 unspecified atom stereocenters. The van der Waals surface area contributed by atoms with Crippen LogP contribution in [0, 0.1) is 6.92 Å². The van der Waals surface area contributed by atoms with Gasteiger partial charge in [-0.1, -0.05) is 59.8 Å². The number of aromatic nitrogens is 2. The Morgan fingerprint density at radius 2 is 1.62 bits per heavy atom. The summed E-state index contributed by atoms with van der Waals surface area (Å²) in [5.41, 5.74) is 2.85. The van der Waals surface area contributed by atoms with Gasteiger partial charge in [0.15, 0.2) is 5.16 Å². The number of hydrogen-bond acceptors (Lipinski definition) is 4. The molecular formula is C19H17N3OS. The SMILES string of the molecule is Cc1ccc(NC(=O)[C@H](Sc2ncccn2)c2ccccc2)cc1. The van der Waals surface area contributed by atoms with Gasteiger partial charge in [-0.2, -0.15) is 0 Å². The van der Waals surface area contributed by atoms with Crippen LogP contribution in [0.4, 0.5) is 5.69 Å². The van der Waals surface area contributed by atoms with Gasteiger partial charge < -0.3 is 5.32 Å². The highest BCUT2D eigenvalue weighted by atomic mass is 32.2. The molecular weight excluding hydrogens is 318 g/mol. The van der Waals surface area contributed by atoms with E-state index in [1.165, 1.54) is 11.8 Å². The molecule has 0 aliphatic heterocycles. The number of rotatable bonds is 5. The fourth-order valence-electron chi connectivity index (χ4n) is 2.20. The number of carbonyl (C=O) groups is 1. The van der Waals surface area contributed by atoms with Crippen LogP contribution in [0.1, 0.15) is 16.4 Å². The Morgan fingerprint density at radius 1 is 0.958 bits per heavy atom. The van der Waals surface area contributed by atoms with E-state index in [4.69, 9.17) is 0 Å². The number of nitrogens with one attached hydrogen (secondary N) is 1. The second-order valence-corrected chi connectivity index (χ2v) is 6.37. The molecule has 4 nitrogen and oxygen atoms in total. The van der Waals surface area contributed by atoms with E-state index in [-0.39, 0.29) is 5.91 Å². The van der Waals surface area contributed by atoms with Crippen LogP contribution in [0.3, 0.4) is 0 Å². The van der Waals surface area contributed by atoms with Crippen LogP contribution in [-0.4, -0.2) is 15.9 Å². The van der Waals surface area contributed by atoms with Crippen molar-refractivity contribution in [3.63, 3.8) is 0 Å². The Hall–Kier alpha value is -2.66. The zero-order valence-electron chi connectivity index (χ0n) is 13.2. The summed E-state index contributed by atoms with van der Waals surface area (Å²) in [7, 11) is 0. The van der Waals surface area contributed by atoms with Crippen molar-refractivity contribution in [2.24, 2.45) is 0 Å². The summed E-state index contributed by atoms with van der Waals surface area (Å²) in [6.45, 7) is 2.01. The summed E-state index contributed by atoms with van der Waals surface area (Å²) in [6, 6.07) is 19.2. The van der Waals surface area contributed by atoms with Crippen LogP contribution >= 0.6 is 11.8 Å². The standard InChI is InChI=1S/C19H17N3OS/c1-14-8-10-16(11-9-14)22-18(23)17(15-6-3-2-4-7-15)24-19-20-12-5-13-21-19/h2-13,17H,1H3,(H,22,23)/t17-/m1/s1. The molecule has 1 amide bonds. The molecule has 1 atom stereocenters. The monoisotopic (exact) mass is 335 g/mol. The third kappa shape index (κ3) is 4.20. The van der Waals surface area contributed by atoms with E-state index in [0.29, 0.717) is 5.16 Å². The fourth-order valence-corrected chi connectivity index (χ4v) is 3.11. The minimum Gasteiger partial charge on any atom is -0.325 e. The van der Waals surface area contributed by atoms with Crippen LogP contribution < -0.4 is 5.32 Å². The van der Waals surface area contributed by atoms with Gasteiger partial charge in [-0.15, -0.1) is 0 Å². The molecule has 3 rings (SSSR count). The second-order valence-electron chi connectivity index (χ2n) is 5.30. The molecule has 5 heteroatoms. The Bertz CT molecular complexity index is 792. The molecule has 1 heterocycles. The van der Waals surface area contributed by atoms with Gasteiger partial charge in [-0.3, -0.25) is 4.79 Å². The molecule has 1 aromatic heterocycles. The molecule has 24 heavy (non-hydrogen) atoms. The lowest BCUT2D eigenvalue weighted by Crippen LogP contribution is -2.19. The number of nitrogens with zero attached hydrogens (tertiary/aromatic N) is 2. The highest BCUT2D eigenvalue weighted by Crippen LogP contribution is 2.34. The first-order valence-corrected chi connectivity index (χ1v) is 8.46. The number of amides is 1. The molecule has 3 aromatic rings. The number of thioether (sulfide) groups is 1. The van der Waals surface area contributed by atoms with E-state index in [0.717, 1.165) is 16.8 Å². The van der Waals surface area contributed by atoms with Gasteiger partial charge >= 0.3 is 0 Å². The maximum absolute atomic E-state index is 12.8. The summed E-state index contributed by atoms with van der Waals surface area (Å²) >= 11 is 1.34. The second kappa shape index (κ2) is 7.75. The van der Waals surface area contributed by atoms with E-state index in [9.17, 15) is 4.79 Å². The first kappa shape index (κ1) is 16.2.